The van der Waals surface area contributed by atoms with Crippen LogP contribution in [0.3, 0.4) is 0 Å². The zero-order chi connectivity index (χ0) is 21.5. The molecular weight excluding hydrogens is 374 g/mol. The van der Waals surface area contributed by atoms with Crippen LogP contribution in [0.5, 0.6) is 0 Å². The summed E-state index contributed by atoms with van der Waals surface area (Å²) in [5.74, 6) is 1.04. The van der Waals surface area contributed by atoms with Gasteiger partial charge in [-0.3, -0.25) is 0 Å². The Labute approximate surface area is 186 Å². The molecule has 4 aromatic rings. The summed E-state index contributed by atoms with van der Waals surface area (Å²) < 4.78 is 0. The Morgan fingerprint density at radius 2 is 0.839 bits per heavy atom. The number of anilines is 2. The first kappa shape index (κ1) is 20.9. The highest BCUT2D eigenvalue weighted by molar-refractivity contribution is 5.60. The van der Waals surface area contributed by atoms with Crippen LogP contribution in [0, 0.1) is 0 Å². The normalized spacial score (nSPS) is 12.8. The summed E-state index contributed by atoms with van der Waals surface area (Å²) in [5.41, 5.74) is 7.78. The quantitative estimate of drug-likeness (QED) is 0.312. The predicted octanol–water partition coefficient (Wildman–Crippen LogP) is 8.12. The van der Waals surface area contributed by atoms with Crippen LogP contribution in [0.25, 0.3) is 0 Å². The summed E-state index contributed by atoms with van der Waals surface area (Å²) in [7, 11) is 0. The molecule has 0 bridgehead atoms. The van der Waals surface area contributed by atoms with Crippen LogP contribution in [0.1, 0.15) is 47.9 Å². The Balaban J connectivity index is 1.33. The van der Waals surface area contributed by atoms with E-state index in [0.717, 1.165) is 24.2 Å². The molecule has 0 radical (unpaired) electrons. The molecule has 4 aromatic carbocycles. The van der Waals surface area contributed by atoms with Crippen molar-refractivity contribution >= 4 is 11.4 Å². The van der Waals surface area contributed by atoms with Gasteiger partial charge in [0.05, 0.1) is 0 Å². The molecule has 1 heteroatoms. The predicted molar refractivity (Wildman–Crippen MR) is 133 cm³/mol. The average molecular weight is 406 g/mol. The second kappa shape index (κ2) is 10.1. The molecule has 1 N–H and O–H groups in total. The largest absolute Gasteiger partial charge is 0.356 e. The molecule has 1 nitrogen and oxygen atoms in total. The molecule has 0 aliphatic rings. The van der Waals surface area contributed by atoms with Gasteiger partial charge in [0.2, 0.25) is 0 Å². The molecule has 0 aliphatic carbocycles. The summed E-state index contributed by atoms with van der Waals surface area (Å²) in [6, 6.07) is 39.1. The molecule has 0 amide bonds. The molecular formula is C30H31N. The highest BCUT2D eigenvalue weighted by Gasteiger charge is 2.08. The topological polar surface area (TPSA) is 12.0 Å². The van der Waals surface area contributed by atoms with Crippen molar-refractivity contribution in [1.82, 2.24) is 0 Å². The minimum atomic E-state index is 0.519. The lowest BCUT2D eigenvalue weighted by Crippen LogP contribution is -1.99. The van der Waals surface area contributed by atoms with E-state index < -0.39 is 0 Å². The lowest BCUT2D eigenvalue weighted by atomic mass is 9.93. The van der Waals surface area contributed by atoms with Crippen molar-refractivity contribution in [3.05, 3.63) is 131 Å². The Hall–Kier alpha value is -3.32. The van der Waals surface area contributed by atoms with E-state index in [4.69, 9.17) is 0 Å². The fraction of sp³-hybridized carbons (Fsp3) is 0.200. The molecule has 0 saturated carbocycles. The summed E-state index contributed by atoms with van der Waals surface area (Å²) in [4.78, 5) is 0. The van der Waals surface area contributed by atoms with Crippen molar-refractivity contribution in [2.24, 2.45) is 0 Å². The summed E-state index contributed by atoms with van der Waals surface area (Å²) >= 11 is 0. The number of nitrogens with one attached hydrogen (secondary N) is 1. The Kier molecular flexibility index (Phi) is 6.84. The molecule has 156 valence electrons. The Morgan fingerprint density at radius 3 is 1.19 bits per heavy atom. The first-order valence-corrected chi connectivity index (χ1v) is 11.2. The van der Waals surface area contributed by atoms with Gasteiger partial charge in [0, 0.05) is 11.4 Å². The van der Waals surface area contributed by atoms with Crippen molar-refractivity contribution in [2.45, 2.75) is 38.5 Å². The maximum Gasteiger partial charge on any atom is 0.0384 e. The Bertz CT molecular complexity index is 962. The standard InChI is InChI=1S/C30H31N/c1-23(27-9-5-3-6-10-27)21-25-13-17-29(18-14-25)31-30-19-15-26(16-20-30)22-24(2)28-11-7-4-8-12-28/h3-20,23-24,31H,21-22H2,1-2H3. The van der Waals surface area contributed by atoms with E-state index in [2.05, 4.69) is 128 Å². The third-order valence-corrected chi connectivity index (χ3v) is 6.02. The van der Waals surface area contributed by atoms with Crippen molar-refractivity contribution < 1.29 is 0 Å². The van der Waals surface area contributed by atoms with Gasteiger partial charge < -0.3 is 5.32 Å². The summed E-state index contributed by atoms with van der Waals surface area (Å²) in [5, 5.41) is 3.53. The number of rotatable bonds is 8. The molecule has 0 heterocycles. The second-order valence-corrected chi connectivity index (χ2v) is 8.55. The molecule has 0 aliphatic heterocycles. The molecule has 2 atom stereocenters. The van der Waals surface area contributed by atoms with Crippen molar-refractivity contribution in [3.63, 3.8) is 0 Å². The SMILES string of the molecule is CC(Cc1ccc(Nc2ccc(CC(C)c3ccccc3)cc2)cc1)c1ccccc1. The monoisotopic (exact) mass is 405 g/mol. The van der Waals surface area contributed by atoms with Crippen LogP contribution in [-0.2, 0) is 12.8 Å². The zero-order valence-electron chi connectivity index (χ0n) is 18.5. The molecule has 2 unspecified atom stereocenters. The van der Waals surface area contributed by atoms with Gasteiger partial charge in [0.1, 0.15) is 0 Å². The van der Waals surface area contributed by atoms with Gasteiger partial charge in [-0.1, -0.05) is 98.8 Å². The van der Waals surface area contributed by atoms with Crippen LogP contribution in [0.15, 0.2) is 109 Å². The molecule has 0 saturated heterocycles. The third-order valence-electron chi connectivity index (χ3n) is 6.02. The van der Waals surface area contributed by atoms with Crippen LogP contribution >= 0.6 is 0 Å². The smallest absolute Gasteiger partial charge is 0.0384 e. The Morgan fingerprint density at radius 1 is 0.484 bits per heavy atom. The maximum absolute atomic E-state index is 3.53. The van der Waals surface area contributed by atoms with Crippen molar-refractivity contribution in [3.8, 4) is 0 Å². The van der Waals surface area contributed by atoms with Gasteiger partial charge in [0.25, 0.3) is 0 Å². The molecule has 4 rings (SSSR count). The minimum absolute atomic E-state index is 0.519. The lowest BCUT2D eigenvalue weighted by Gasteiger charge is -2.14. The van der Waals surface area contributed by atoms with Crippen LogP contribution in [0.2, 0.25) is 0 Å². The first-order valence-electron chi connectivity index (χ1n) is 11.2. The molecule has 0 fully saturated rings. The van der Waals surface area contributed by atoms with E-state index in [-0.39, 0.29) is 0 Å². The summed E-state index contributed by atoms with van der Waals surface area (Å²) in [6.45, 7) is 4.59. The number of hydrogen-bond donors (Lipinski definition) is 1. The number of hydrogen-bond acceptors (Lipinski definition) is 1. The van der Waals surface area contributed by atoms with E-state index in [9.17, 15) is 0 Å². The van der Waals surface area contributed by atoms with Gasteiger partial charge in [-0.2, -0.15) is 0 Å². The highest BCUT2D eigenvalue weighted by Crippen LogP contribution is 2.24. The zero-order valence-corrected chi connectivity index (χ0v) is 18.5. The van der Waals surface area contributed by atoms with Crippen molar-refractivity contribution in [1.29, 1.82) is 0 Å². The van der Waals surface area contributed by atoms with Gasteiger partial charge in [-0.05, 0) is 71.2 Å². The van der Waals surface area contributed by atoms with Crippen molar-refractivity contribution in [2.75, 3.05) is 5.32 Å². The number of benzene rings is 4. The fourth-order valence-corrected chi connectivity index (χ4v) is 4.12. The highest BCUT2D eigenvalue weighted by atomic mass is 14.9. The van der Waals surface area contributed by atoms with E-state index >= 15 is 0 Å². The van der Waals surface area contributed by atoms with Gasteiger partial charge in [-0.15, -0.1) is 0 Å². The van der Waals surface area contributed by atoms with Crippen LogP contribution in [0.4, 0.5) is 11.4 Å². The van der Waals surface area contributed by atoms with Crippen LogP contribution < -0.4 is 5.32 Å². The molecule has 31 heavy (non-hydrogen) atoms. The van der Waals surface area contributed by atoms with E-state index in [1.807, 2.05) is 0 Å². The molecule has 0 spiro atoms. The maximum atomic E-state index is 3.53. The van der Waals surface area contributed by atoms with Crippen LogP contribution in [-0.4, -0.2) is 0 Å². The second-order valence-electron chi connectivity index (χ2n) is 8.55. The van der Waals surface area contributed by atoms with Gasteiger partial charge >= 0.3 is 0 Å². The molecule has 0 aromatic heterocycles. The van der Waals surface area contributed by atoms with E-state index in [1.54, 1.807) is 0 Å². The first-order chi connectivity index (χ1) is 15.2. The lowest BCUT2D eigenvalue weighted by molar-refractivity contribution is 0.759. The van der Waals surface area contributed by atoms with Gasteiger partial charge in [-0.25, -0.2) is 0 Å². The summed E-state index contributed by atoms with van der Waals surface area (Å²) in [6.07, 6.45) is 2.11. The van der Waals surface area contributed by atoms with E-state index in [0.29, 0.717) is 11.8 Å². The van der Waals surface area contributed by atoms with E-state index in [1.165, 1.54) is 22.3 Å². The fourth-order valence-electron chi connectivity index (χ4n) is 4.12. The minimum Gasteiger partial charge on any atom is -0.356 e. The third kappa shape index (κ3) is 5.86. The average Bonchev–Trinajstić information content (AvgIpc) is 2.82. The van der Waals surface area contributed by atoms with Gasteiger partial charge in [0.15, 0.2) is 0 Å².